The van der Waals surface area contributed by atoms with Gasteiger partial charge >= 0.3 is 5.97 Å². The van der Waals surface area contributed by atoms with Crippen molar-refractivity contribution in [1.29, 1.82) is 0 Å². The summed E-state index contributed by atoms with van der Waals surface area (Å²) in [5.74, 6) is -2.89. The molecule has 0 radical (unpaired) electrons. The highest BCUT2D eigenvalue weighted by atomic mass is 19.1. The van der Waals surface area contributed by atoms with Crippen molar-refractivity contribution in [3.8, 4) is 0 Å². The smallest absolute Gasteiger partial charge is 0.303 e. The summed E-state index contributed by atoms with van der Waals surface area (Å²) < 4.78 is 27.4. The van der Waals surface area contributed by atoms with Crippen LogP contribution in [0, 0.1) is 5.82 Å². The predicted octanol–water partition coefficient (Wildman–Crippen LogP) is 2.53. The Kier molecular flexibility index (Phi) is 8.50. The van der Waals surface area contributed by atoms with E-state index in [9.17, 15) is 14.4 Å². The first-order chi connectivity index (χ1) is 17.6. The number of carboxylic acids is 1. The zero-order valence-electron chi connectivity index (χ0n) is 21.6. The van der Waals surface area contributed by atoms with Gasteiger partial charge in [-0.3, -0.25) is 14.4 Å². The summed E-state index contributed by atoms with van der Waals surface area (Å²) in [6.07, 6.45) is 5.63. The van der Waals surface area contributed by atoms with Gasteiger partial charge < -0.3 is 30.5 Å². The van der Waals surface area contributed by atoms with Crippen molar-refractivity contribution < 1.29 is 33.4 Å². The van der Waals surface area contributed by atoms with Gasteiger partial charge in [0.25, 0.3) is 5.91 Å². The number of amides is 2. The Morgan fingerprint density at radius 2 is 2.05 bits per heavy atom. The summed E-state index contributed by atoms with van der Waals surface area (Å²) in [6.45, 7) is 2.66. The molecule has 1 saturated carbocycles. The Balaban J connectivity index is 1.45. The lowest BCUT2D eigenvalue weighted by atomic mass is 9.82. The standard InChI is InChI=1S/C27H38FN3O6/c1-27(36-2)11-9-17(10-12-27)30-20-4-3-13-37-22(20)14-16-5-6-18-19(24(16)28)15-31(26(18)35)21(25(29)34)7-8-23(32)33/h5-6,17,20-22,30H,3-4,7-15H2,1-2H3,(H2,29,34)(H,32,33)/t17?,20-,21-,22+,27?/m0/s1. The second-order valence-electron chi connectivity index (χ2n) is 10.8. The number of nitrogens with two attached hydrogens (primary N) is 1. The van der Waals surface area contributed by atoms with Crippen molar-refractivity contribution >= 4 is 17.8 Å². The molecule has 0 aromatic heterocycles. The second-order valence-corrected chi connectivity index (χ2v) is 10.8. The van der Waals surface area contributed by atoms with Crippen molar-refractivity contribution in [3.05, 3.63) is 34.6 Å². The highest BCUT2D eigenvalue weighted by Crippen LogP contribution is 2.33. The fourth-order valence-corrected chi connectivity index (χ4v) is 5.89. The first-order valence-electron chi connectivity index (χ1n) is 13.2. The average Bonchev–Trinajstić information content (AvgIpc) is 3.20. The third-order valence-corrected chi connectivity index (χ3v) is 8.33. The van der Waals surface area contributed by atoms with Crippen LogP contribution in [-0.4, -0.2) is 71.3 Å². The van der Waals surface area contributed by atoms with Gasteiger partial charge in [0.05, 0.1) is 18.2 Å². The number of primary amides is 1. The number of aliphatic carboxylic acids is 1. The molecule has 4 N–H and O–H groups in total. The number of carbonyl (C=O) groups is 3. The Morgan fingerprint density at radius 3 is 2.70 bits per heavy atom. The fourth-order valence-electron chi connectivity index (χ4n) is 5.89. The minimum atomic E-state index is -1.11. The van der Waals surface area contributed by atoms with E-state index in [1.54, 1.807) is 19.2 Å². The van der Waals surface area contributed by atoms with Gasteiger partial charge in [-0.25, -0.2) is 4.39 Å². The molecule has 2 fully saturated rings. The number of halogens is 1. The first kappa shape index (κ1) is 27.5. The second kappa shape index (κ2) is 11.4. The van der Waals surface area contributed by atoms with Crippen LogP contribution in [0.15, 0.2) is 12.1 Å². The predicted molar refractivity (Wildman–Crippen MR) is 133 cm³/mol. The summed E-state index contributed by atoms with van der Waals surface area (Å²) >= 11 is 0. The Hall–Kier alpha value is -2.56. The number of ether oxygens (including phenoxy) is 2. The number of rotatable bonds is 10. The van der Waals surface area contributed by atoms with Gasteiger partial charge in [-0.05, 0) is 63.5 Å². The van der Waals surface area contributed by atoms with Crippen molar-refractivity contribution in [1.82, 2.24) is 10.2 Å². The van der Waals surface area contributed by atoms with E-state index in [0.29, 0.717) is 24.6 Å². The highest BCUT2D eigenvalue weighted by molar-refractivity contribution is 6.01. The number of nitrogens with one attached hydrogen (secondary N) is 1. The van der Waals surface area contributed by atoms with Gasteiger partial charge in [-0.15, -0.1) is 0 Å². The van der Waals surface area contributed by atoms with E-state index in [-0.39, 0.29) is 48.3 Å². The van der Waals surface area contributed by atoms with Gasteiger partial charge in [-0.2, -0.15) is 0 Å². The minimum Gasteiger partial charge on any atom is -0.481 e. The van der Waals surface area contributed by atoms with Gasteiger partial charge in [-0.1, -0.05) is 6.07 Å². The van der Waals surface area contributed by atoms with Crippen LogP contribution in [0.4, 0.5) is 4.39 Å². The lowest BCUT2D eigenvalue weighted by Gasteiger charge is -2.40. The van der Waals surface area contributed by atoms with Crippen LogP contribution in [-0.2, 0) is 32.0 Å². The van der Waals surface area contributed by atoms with Crippen LogP contribution < -0.4 is 11.1 Å². The monoisotopic (exact) mass is 519 g/mol. The van der Waals surface area contributed by atoms with E-state index < -0.39 is 29.6 Å². The molecule has 0 spiro atoms. The molecule has 10 heteroatoms. The maximum Gasteiger partial charge on any atom is 0.303 e. The topological polar surface area (TPSA) is 131 Å². The number of methoxy groups -OCH3 is 1. The average molecular weight is 520 g/mol. The number of carbonyl (C=O) groups excluding carboxylic acids is 2. The molecule has 3 atom stereocenters. The Morgan fingerprint density at radius 1 is 1.32 bits per heavy atom. The molecule has 204 valence electrons. The number of fused-ring (bicyclic) bond motifs is 1. The molecule has 4 rings (SSSR count). The maximum absolute atomic E-state index is 15.7. The zero-order chi connectivity index (χ0) is 26.7. The summed E-state index contributed by atoms with van der Waals surface area (Å²) in [7, 11) is 1.76. The van der Waals surface area contributed by atoms with Crippen LogP contribution in [0.2, 0.25) is 0 Å². The van der Waals surface area contributed by atoms with Crippen LogP contribution >= 0.6 is 0 Å². The van der Waals surface area contributed by atoms with E-state index in [1.807, 2.05) is 0 Å². The first-order valence-corrected chi connectivity index (χ1v) is 13.2. The lowest BCUT2D eigenvalue weighted by molar-refractivity contribution is -0.137. The molecule has 2 amide bonds. The van der Waals surface area contributed by atoms with Gasteiger partial charge in [0, 0.05) is 49.8 Å². The van der Waals surface area contributed by atoms with E-state index in [0.717, 1.165) is 38.5 Å². The summed E-state index contributed by atoms with van der Waals surface area (Å²) in [4.78, 5) is 37.1. The van der Waals surface area contributed by atoms with Crippen molar-refractivity contribution in [2.45, 2.75) is 101 Å². The molecule has 1 saturated heterocycles. The quantitative estimate of drug-likeness (QED) is 0.433. The van der Waals surface area contributed by atoms with E-state index >= 15 is 4.39 Å². The molecule has 9 nitrogen and oxygen atoms in total. The summed E-state index contributed by atoms with van der Waals surface area (Å²) in [5.41, 5.74) is 6.25. The van der Waals surface area contributed by atoms with E-state index in [1.165, 1.54) is 4.90 Å². The third-order valence-electron chi connectivity index (χ3n) is 8.33. The largest absolute Gasteiger partial charge is 0.481 e. The molecule has 0 bridgehead atoms. The molecule has 3 aliphatic rings. The van der Waals surface area contributed by atoms with Crippen molar-refractivity contribution in [2.75, 3.05) is 13.7 Å². The molecule has 1 aliphatic carbocycles. The molecule has 1 aromatic carbocycles. The molecule has 2 heterocycles. The van der Waals surface area contributed by atoms with Crippen LogP contribution in [0.25, 0.3) is 0 Å². The Labute approximate surface area is 216 Å². The SMILES string of the molecule is COC1(C)CCC(N[C@H]2CCCO[C@@H]2Cc2ccc3c(c2F)CN([C@@H](CCC(=O)O)C(N)=O)C3=O)CC1. The Bertz CT molecular complexity index is 1030. The normalized spacial score (nSPS) is 28.7. The van der Waals surface area contributed by atoms with Gasteiger partial charge in [0.1, 0.15) is 11.9 Å². The van der Waals surface area contributed by atoms with Crippen LogP contribution in [0.3, 0.4) is 0 Å². The molecule has 1 aromatic rings. The van der Waals surface area contributed by atoms with Crippen molar-refractivity contribution in [2.24, 2.45) is 5.73 Å². The molecule has 37 heavy (non-hydrogen) atoms. The number of benzene rings is 1. The highest BCUT2D eigenvalue weighted by Gasteiger charge is 2.39. The summed E-state index contributed by atoms with van der Waals surface area (Å²) in [6, 6.07) is 2.57. The lowest BCUT2D eigenvalue weighted by Crippen LogP contribution is -2.51. The third kappa shape index (κ3) is 6.13. The van der Waals surface area contributed by atoms with Crippen LogP contribution in [0.5, 0.6) is 0 Å². The maximum atomic E-state index is 15.7. The van der Waals surface area contributed by atoms with Crippen molar-refractivity contribution in [3.63, 3.8) is 0 Å². The van der Waals surface area contributed by atoms with Crippen LogP contribution in [0.1, 0.15) is 79.8 Å². The summed E-state index contributed by atoms with van der Waals surface area (Å²) in [5, 5.41) is 12.7. The molecular weight excluding hydrogens is 481 g/mol. The molecule has 0 unspecified atom stereocenters. The fraction of sp³-hybridized carbons (Fsp3) is 0.667. The number of hydrogen-bond acceptors (Lipinski definition) is 6. The molecule has 2 aliphatic heterocycles. The zero-order valence-corrected chi connectivity index (χ0v) is 21.6. The number of carboxylic acid groups (broad SMARTS) is 1. The number of hydrogen-bond donors (Lipinski definition) is 3. The van der Waals surface area contributed by atoms with Gasteiger partial charge in [0.2, 0.25) is 5.91 Å². The van der Waals surface area contributed by atoms with E-state index in [2.05, 4.69) is 12.2 Å². The molecular formula is C27H38FN3O6. The van der Waals surface area contributed by atoms with E-state index in [4.69, 9.17) is 20.3 Å². The number of nitrogens with zero attached hydrogens (tertiary/aromatic N) is 1. The van der Waals surface area contributed by atoms with Gasteiger partial charge in [0.15, 0.2) is 0 Å². The minimum absolute atomic E-state index is 0.0688.